The number of aromatic nitrogens is 3. The molecule has 1 aliphatic rings. The fourth-order valence-corrected chi connectivity index (χ4v) is 3.95. The Bertz CT molecular complexity index is 1070. The molecule has 156 valence electrons. The fraction of sp³-hybridized carbons (Fsp3) is 0.286. The Kier molecular flexibility index (Phi) is 5.92. The summed E-state index contributed by atoms with van der Waals surface area (Å²) in [7, 11) is 0. The van der Waals surface area contributed by atoms with Gasteiger partial charge in [0.05, 0.1) is 18.3 Å². The van der Waals surface area contributed by atoms with E-state index in [2.05, 4.69) is 15.5 Å². The highest BCUT2D eigenvalue weighted by Crippen LogP contribution is 2.32. The summed E-state index contributed by atoms with van der Waals surface area (Å²) in [5.41, 5.74) is 1.15. The van der Waals surface area contributed by atoms with Crippen LogP contribution < -0.4 is 5.32 Å². The highest BCUT2D eigenvalue weighted by molar-refractivity contribution is 6.30. The molecule has 0 bridgehead atoms. The molecule has 2 amide bonds. The number of anilines is 1. The van der Waals surface area contributed by atoms with Gasteiger partial charge in [0.25, 0.3) is 0 Å². The van der Waals surface area contributed by atoms with Gasteiger partial charge in [0.15, 0.2) is 5.82 Å². The first kappa shape index (κ1) is 20.6. The molecule has 30 heavy (non-hydrogen) atoms. The third-order valence-corrected chi connectivity index (χ3v) is 5.69. The number of halogens is 3. The predicted molar refractivity (Wildman–Crippen MR) is 114 cm³/mol. The number of amides is 2. The van der Waals surface area contributed by atoms with E-state index in [-0.39, 0.29) is 22.8 Å². The lowest BCUT2D eigenvalue weighted by Crippen LogP contribution is -2.36. The fourth-order valence-electron chi connectivity index (χ4n) is 3.67. The summed E-state index contributed by atoms with van der Waals surface area (Å²) in [6, 6.07) is 11.1. The Morgan fingerprint density at radius 2 is 1.90 bits per heavy atom. The summed E-state index contributed by atoms with van der Waals surface area (Å²) in [5, 5.41) is 12.2. The van der Waals surface area contributed by atoms with Crippen molar-refractivity contribution in [2.75, 3.05) is 11.9 Å². The van der Waals surface area contributed by atoms with Crippen LogP contribution in [0.2, 0.25) is 10.0 Å². The van der Waals surface area contributed by atoms with Crippen LogP contribution in [0, 0.1) is 12.7 Å². The van der Waals surface area contributed by atoms with Crippen molar-refractivity contribution >= 4 is 34.9 Å². The number of likely N-dealkylation sites (tertiary alicyclic amines) is 1. The van der Waals surface area contributed by atoms with Gasteiger partial charge in [0.1, 0.15) is 11.6 Å². The van der Waals surface area contributed by atoms with Crippen LogP contribution in [-0.2, 0) is 6.54 Å². The second-order valence-electron chi connectivity index (χ2n) is 7.22. The maximum atomic E-state index is 14.1. The van der Waals surface area contributed by atoms with Gasteiger partial charge in [0, 0.05) is 16.6 Å². The molecule has 9 heteroatoms. The predicted octanol–water partition coefficient (Wildman–Crippen LogP) is 5.45. The van der Waals surface area contributed by atoms with Crippen molar-refractivity contribution in [1.29, 1.82) is 0 Å². The Balaban J connectivity index is 1.56. The van der Waals surface area contributed by atoms with E-state index in [0.717, 1.165) is 24.2 Å². The van der Waals surface area contributed by atoms with Gasteiger partial charge in [-0.1, -0.05) is 35.3 Å². The first-order valence-electron chi connectivity index (χ1n) is 9.59. The standard InChI is InChI=1S/C21H20Cl2FN5O/c1-13-26-27-20(29(13)12-14-4-6-15(22)7-5-14)19-3-2-10-28(19)21(30)25-18-9-8-16(23)11-17(18)24/h4-9,11,19H,2-3,10,12H2,1H3,(H,25,30)/t19-/m1/s1. The average molecular weight is 448 g/mol. The molecule has 2 heterocycles. The van der Waals surface area contributed by atoms with Gasteiger partial charge in [-0.25, -0.2) is 9.18 Å². The molecule has 1 N–H and O–H groups in total. The largest absolute Gasteiger partial charge is 0.322 e. The Labute approximate surface area is 183 Å². The molecule has 1 saturated heterocycles. The zero-order valence-electron chi connectivity index (χ0n) is 16.3. The molecule has 1 fully saturated rings. The van der Waals surface area contributed by atoms with Gasteiger partial charge in [0.2, 0.25) is 0 Å². The SMILES string of the molecule is Cc1nnc([C@H]2CCCN2C(=O)Nc2ccc(Cl)cc2F)n1Cc1ccc(Cl)cc1. The summed E-state index contributed by atoms with van der Waals surface area (Å²) in [4.78, 5) is 14.6. The van der Waals surface area contributed by atoms with Crippen LogP contribution in [0.4, 0.5) is 14.9 Å². The van der Waals surface area contributed by atoms with E-state index in [1.165, 1.54) is 18.2 Å². The number of urea groups is 1. The van der Waals surface area contributed by atoms with Crippen molar-refractivity contribution in [1.82, 2.24) is 19.7 Å². The zero-order valence-corrected chi connectivity index (χ0v) is 17.8. The number of hydrogen-bond acceptors (Lipinski definition) is 3. The second-order valence-corrected chi connectivity index (χ2v) is 8.10. The summed E-state index contributed by atoms with van der Waals surface area (Å²) >= 11 is 11.8. The first-order valence-corrected chi connectivity index (χ1v) is 10.3. The van der Waals surface area contributed by atoms with Crippen molar-refractivity contribution in [2.45, 2.75) is 32.4 Å². The number of carbonyl (C=O) groups is 1. The van der Waals surface area contributed by atoms with E-state index >= 15 is 0 Å². The number of nitrogens with zero attached hydrogens (tertiary/aromatic N) is 4. The lowest BCUT2D eigenvalue weighted by atomic mass is 10.2. The summed E-state index contributed by atoms with van der Waals surface area (Å²) in [6.07, 6.45) is 1.59. The van der Waals surface area contributed by atoms with Crippen molar-refractivity contribution in [3.8, 4) is 0 Å². The molecule has 0 saturated carbocycles. The number of hydrogen-bond donors (Lipinski definition) is 1. The maximum Gasteiger partial charge on any atom is 0.322 e. The molecular formula is C21H20Cl2FN5O. The molecule has 3 aromatic rings. The van der Waals surface area contributed by atoms with E-state index in [9.17, 15) is 9.18 Å². The van der Waals surface area contributed by atoms with Crippen LogP contribution in [-0.4, -0.2) is 32.2 Å². The molecule has 0 aliphatic carbocycles. The molecule has 0 spiro atoms. The Morgan fingerprint density at radius 3 is 2.63 bits per heavy atom. The van der Waals surface area contributed by atoms with Crippen molar-refractivity contribution in [3.63, 3.8) is 0 Å². The van der Waals surface area contributed by atoms with Crippen LogP contribution in [0.5, 0.6) is 0 Å². The van der Waals surface area contributed by atoms with Crippen molar-refractivity contribution in [3.05, 3.63) is 75.5 Å². The van der Waals surface area contributed by atoms with Crippen LogP contribution in [0.3, 0.4) is 0 Å². The lowest BCUT2D eigenvalue weighted by Gasteiger charge is -2.25. The summed E-state index contributed by atoms with van der Waals surface area (Å²) < 4.78 is 16.1. The minimum Gasteiger partial charge on any atom is -0.314 e. The average Bonchev–Trinajstić information content (AvgIpc) is 3.33. The third kappa shape index (κ3) is 4.27. The van der Waals surface area contributed by atoms with E-state index in [1.54, 1.807) is 4.90 Å². The molecule has 1 aromatic heterocycles. The third-order valence-electron chi connectivity index (χ3n) is 5.20. The molecule has 0 unspecified atom stereocenters. The number of rotatable bonds is 4. The highest BCUT2D eigenvalue weighted by atomic mass is 35.5. The Hall–Kier alpha value is -2.64. The van der Waals surface area contributed by atoms with Crippen molar-refractivity contribution < 1.29 is 9.18 Å². The van der Waals surface area contributed by atoms with Gasteiger partial charge in [-0.15, -0.1) is 10.2 Å². The number of benzene rings is 2. The minimum atomic E-state index is -0.576. The number of carbonyl (C=O) groups excluding carboxylic acids is 1. The number of aryl methyl sites for hydroxylation is 1. The van der Waals surface area contributed by atoms with E-state index < -0.39 is 5.82 Å². The molecule has 1 atom stereocenters. The van der Waals surface area contributed by atoms with Gasteiger partial charge in [-0.2, -0.15) is 0 Å². The first-order chi connectivity index (χ1) is 14.4. The van der Waals surface area contributed by atoms with Gasteiger partial charge >= 0.3 is 6.03 Å². The zero-order chi connectivity index (χ0) is 21.3. The second kappa shape index (κ2) is 8.62. The molecular weight excluding hydrogens is 428 g/mol. The smallest absolute Gasteiger partial charge is 0.314 e. The van der Waals surface area contributed by atoms with Crippen LogP contribution >= 0.6 is 23.2 Å². The number of nitrogens with one attached hydrogen (secondary N) is 1. The Morgan fingerprint density at radius 1 is 1.17 bits per heavy atom. The van der Waals surface area contributed by atoms with Crippen LogP contribution in [0.25, 0.3) is 0 Å². The molecule has 4 rings (SSSR count). The lowest BCUT2D eigenvalue weighted by molar-refractivity contribution is 0.203. The van der Waals surface area contributed by atoms with Gasteiger partial charge in [-0.3, -0.25) is 0 Å². The highest BCUT2D eigenvalue weighted by Gasteiger charge is 2.34. The topological polar surface area (TPSA) is 63.1 Å². The van der Waals surface area contributed by atoms with Gasteiger partial charge < -0.3 is 14.8 Å². The quantitative estimate of drug-likeness (QED) is 0.578. The molecule has 6 nitrogen and oxygen atoms in total. The molecule has 2 aromatic carbocycles. The van der Waals surface area contributed by atoms with Crippen LogP contribution in [0.1, 0.15) is 36.1 Å². The van der Waals surface area contributed by atoms with Gasteiger partial charge in [-0.05, 0) is 55.7 Å². The normalized spacial score (nSPS) is 16.1. The summed E-state index contributed by atoms with van der Waals surface area (Å²) in [6.45, 7) is 3.01. The summed E-state index contributed by atoms with van der Waals surface area (Å²) in [5.74, 6) is 0.899. The van der Waals surface area contributed by atoms with Crippen LogP contribution in [0.15, 0.2) is 42.5 Å². The van der Waals surface area contributed by atoms with E-state index in [4.69, 9.17) is 23.2 Å². The van der Waals surface area contributed by atoms with Crippen molar-refractivity contribution in [2.24, 2.45) is 0 Å². The molecule has 1 aliphatic heterocycles. The monoisotopic (exact) mass is 447 g/mol. The molecule has 0 radical (unpaired) electrons. The van der Waals surface area contributed by atoms with E-state index in [1.807, 2.05) is 35.8 Å². The van der Waals surface area contributed by atoms with E-state index in [0.29, 0.717) is 23.9 Å². The minimum absolute atomic E-state index is 0.0915. The maximum absolute atomic E-state index is 14.1.